The summed E-state index contributed by atoms with van der Waals surface area (Å²) in [6, 6.07) is 19.1. The fraction of sp³-hybridized carbons (Fsp3) is 0.200. The molecule has 2 nitrogen and oxygen atoms in total. The quantitative estimate of drug-likeness (QED) is 0.639. The van der Waals surface area contributed by atoms with Gasteiger partial charge in [0.1, 0.15) is 6.23 Å². The van der Waals surface area contributed by atoms with Crippen molar-refractivity contribution in [3.05, 3.63) is 76.2 Å². The van der Waals surface area contributed by atoms with E-state index in [0.717, 1.165) is 10.6 Å². The molecule has 0 aliphatic carbocycles. The number of aryl methyl sites for hydroxylation is 1. The molecule has 1 aliphatic rings. The second kappa shape index (κ2) is 6.73. The maximum atomic E-state index is 10.5. The Labute approximate surface area is 150 Å². The summed E-state index contributed by atoms with van der Waals surface area (Å²) < 4.78 is 0. The lowest BCUT2D eigenvalue weighted by Crippen LogP contribution is -2.19. The molecule has 0 fully saturated rings. The Balaban J connectivity index is 1.51. The molecule has 0 saturated heterocycles. The lowest BCUT2D eigenvalue weighted by molar-refractivity contribution is 0.141. The molecule has 4 rings (SSSR count). The average Bonchev–Trinajstić information content (AvgIpc) is 3.06. The number of nitrogens with one attached hydrogen (secondary N) is 1. The van der Waals surface area contributed by atoms with Gasteiger partial charge in [-0.25, -0.2) is 0 Å². The van der Waals surface area contributed by atoms with E-state index in [1.54, 1.807) is 11.3 Å². The maximum absolute atomic E-state index is 10.5. The molecule has 1 aliphatic heterocycles. The van der Waals surface area contributed by atoms with Crippen molar-refractivity contribution in [2.45, 2.75) is 30.3 Å². The van der Waals surface area contributed by atoms with Gasteiger partial charge in [0.15, 0.2) is 0 Å². The first-order chi connectivity index (χ1) is 11.7. The highest BCUT2D eigenvalue weighted by Crippen LogP contribution is 2.46. The van der Waals surface area contributed by atoms with Crippen LogP contribution in [0.5, 0.6) is 0 Å². The van der Waals surface area contributed by atoms with Gasteiger partial charge < -0.3 is 5.11 Å². The predicted octanol–water partition coefficient (Wildman–Crippen LogP) is 5.11. The molecule has 0 amide bonds. The Hall–Kier alpha value is -1.59. The van der Waals surface area contributed by atoms with Gasteiger partial charge in [-0.15, -0.1) is 23.1 Å². The smallest absolute Gasteiger partial charge is 0.140 e. The van der Waals surface area contributed by atoms with Crippen LogP contribution in [0.1, 0.15) is 27.8 Å². The van der Waals surface area contributed by atoms with Crippen LogP contribution in [-0.4, -0.2) is 5.11 Å². The van der Waals surface area contributed by atoms with Gasteiger partial charge in [-0.3, -0.25) is 5.32 Å². The molecule has 0 spiro atoms. The van der Waals surface area contributed by atoms with E-state index >= 15 is 0 Å². The molecule has 24 heavy (non-hydrogen) atoms. The lowest BCUT2D eigenvalue weighted by atomic mass is 10.1. The van der Waals surface area contributed by atoms with Gasteiger partial charge in [0, 0.05) is 32.5 Å². The van der Waals surface area contributed by atoms with E-state index in [0.29, 0.717) is 6.54 Å². The highest BCUT2D eigenvalue weighted by Gasteiger charge is 2.21. The van der Waals surface area contributed by atoms with Crippen molar-refractivity contribution in [2.75, 3.05) is 0 Å². The molecule has 2 N–H and O–H groups in total. The Bertz CT molecular complexity index is 854. The topological polar surface area (TPSA) is 32.3 Å². The number of fused-ring (bicyclic) bond motifs is 3. The summed E-state index contributed by atoms with van der Waals surface area (Å²) in [7, 11) is 0. The molecule has 0 bridgehead atoms. The summed E-state index contributed by atoms with van der Waals surface area (Å²) >= 11 is 3.57. The van der Waals surface area contributed by atoms with Crippen LogP contribution in [0.2, 0.25) is 0 Å². The summed E-state index contributed by atoms with van der Waals surface area (Å²) in [5, 5.41) is 13.8. The highest BCUT2D eigenvalue weighted by atomic mass is 32.2. The van der Waals surface area contributed by atoms with E-state index in [2.05, 4.69) is 66.8 Å². The van der Waals surface area contributed by atoms with Gasteiger partial charge >= 0.3 is 0 Å². The molecule has 3 aromatic rings. The summed E-state index contributed by atoms with van der Waals surface area (Å²) in [5.41, 5.74) is 5.06. The van der Waals surface area contributed by atoms with Crippen molar-refractivity contribution in [3.63, 3.8) is 0 Å². The van der Waals surface area contributed by atoms with Gasteiger partial charge in [-0.2, -0.15) is 0 Å². The first kappa shape index (κ1) is 15.9. The molecule has 0 saturated carbocycles. The van der Waals surface area contributed by atoms with Crippen LogP contribution in [-0.2, 0) is 12.3 Å². The highest BCUT2D eigenvalue weighted by molar-refractivity contribution is 7.98. The van der Waals surface area contributed by atoms with Gasteiger partial charge in [0.25, 0.3) is 0 Å². The van der Waals surface area contributed by atoms with Crippen molar-refractivity contribution in [1.29, 1.82) is 0 Å². The van der Waals surface area contributed by atoms with Gasteiger partial charge in [0.05, 0.1) is 0 Å². The summed E-state index contributed by atoms with van der Waals surface area (Å²) in [6.07, 6.45) is -0.626. The monoisotopic (exact) mass is 353 g/mol. The number of hydrogen-bond donors (Lipinski definition) is 2. The van der Waals surface area contributed by atoms with Gasteiger partial charge in [0.2, 0.25) is 0 Å². The fourth-order valence-electron chi connectivity index (χ4n) is 2.88. The van der Waals surface area contributed by atoms with E-state index < -0.39 is 6.23 Å². The number of aliphatic hydroxyl groups is 1. The predicted molar refractivity (Wildman–Crippen MR) is 102 cm³/mol. The third kappa shape index (κ3) is 3.15. The van der Waals surface area contributed by atoms with Gasteiger partial charge in [-0.05, 0) is 30.2 Å². The SMILES string of the molecule is Cc1ccc(CNC(O)c2cc3c(s2)-c2ccccc2SC3)cc1. The molecule has 0 radical (unpaired) electrons. The van der Waals surface area contributed by atoms with Gasteiger partial charge in [-0.1, -0.05) is 48.0 Å². The number of aliphatic hydroxyl groups excluding tert-OH is 1. The van der Waals surface area contributed by atoms with Crippen molar-refractivity contribution < 1.29 is 5.11 Å². The van der Waals surface area contributed by atoms with Crippen molar-refractivity contribution >= 4 is 23.1 Å². The second-order valence-corrected chi connectivity index (χ2v) is 8.16. The Morgan fingerprint density at radius 2 is 1.92 bits per heavy atom. The van der Waals surface area contributed by atoms with E-state index in [4.69, 9.17) is 0 Å². The zero-order valence-electron chi connectivity index (χ0n) is 13.5. The fourth-order valence-corrected chi connectivity index (χ4v) is 5.25. The van der Waals surface area contributed by atoms with Crippen LogP contribution in [0.15, 0.2) is 59.5 Å². The largest absolute Gasteiger partial charge is 0.373 e. The Kier molecular flexibility index (Phi) is 4.46. The van der Waals surface area contributed by atoms with E-state index in [1.807, 2.05) is 11.8 Å². The number of rotatable bonds is 4. The second-order valence-electron chi connectivity index (χ2n) is 6.06. The zero-order chi connectivity index (χ0) is 16.5. The zero-order valence-corrected chi connectivity index (χ0v) is 15.1. The standard InChI is InChI=1S/C20H19NOS2/c1-13-6-8-14(9-7-13)11-21-20(22)18-10-15-12-23-17-5-3-2-4-16(17)19(15)24-18/h2-10,20-22H,11-12H2,1H3. The normalized spacial score (nSPS) is 14.1. The molecule has 1 aromatic heterocycles. The average molecular weight is 354 g/mol. The first-order valence-electron chi connectivity index (χ1n) is 8.02. The van der Waals surface area contributed by atoms with Crippen molar-refractivity contribution in [1.82, 2.24) is 5.32 Å². The summed E-state index contributed by atoms with van der Waals surface area (Å²) in [4.78, 5) is 3.63. The minimum atomic E-state index is -0.626. The van der Waals surface area contributed by atoms with Crippen LogP contribution in [0.4, 0.5) is 0 Å². The number of thioether (sulfide) groups is 1. The van der Waals surface area contributed by atoms with Crippen molar-refractivity contribution in [3.8, 4) is 10.4 Å². The first-order valence-corrected chi connectivity index (χ1v) is 9.83. The summed E-state index contributed by atoms with van der Waals surface area (Å²) in [6.45, 7) is 2.74. The molecular weight excluding hydrogens is 334 g/mol. The van der Waals surface area contributed by atoms with E-state index in [9.17, 15) is 5.11 Å². The molecule has 2 heterocycles. The maximum Gasteiger partial charge on any atom is 0.140 e. The number of hydrogen-bond acceptors (Lipinski definition) is 4. The summed E-state index contributed by atoms with van der Waals surface area (Å²) in [5.74, 6) is 0.980. The molecule has 122 valence electrons. The van der Waals surface area contributed by atoms with Crippen LogP contribution in [0, 0.1) is 6.92 Å². The number of benzene rings is 2. The van der Waals surface area contributed by atoms with Crippen molar-refractivity contribution in [2.24, 2.45) is 0 Å². The van der Waals surface area contributed by atoms with E-state index in [1.165, 1.54) is 32.0 Å². The molecule has 4 heteroatoms. The molecular formula is C20H19NOS2. The Morgan fingerprint density at radius 1 is 1.12 bits per heavy atom. The third-order valence-electron chi connectivity index (χ3n) is 4.23. The van der Waals surface area contributed by atoms with Crippen LogP contribution >= 0.6 is 23.1 Å². The van der Waals surface area contributed by atoms with Crippen LogP contribution in [0.3, 0.4) is 0 Å². The third-order valence-corrected chi connectivity index (χ3v) is 6.62. The molecule has 1 atom stereocenters. The van der Waals surface area contributed by atoms with E-state index in [-0.39, 0.29) is 0 Å². The minimum absolute atomic E-state index is 0.626. The van der Waals surface area contributed by atoms with Crippen LogP contribution in [0.25, 0.3) is 10.4 Å². The Morgan fingerprint density at radius 3 is 2.75 bits per heavy atom. The minimum Gasteiger partial charge on any atom is -0.373 e. The van der Waals surface area contributed by atoms with Crippen LogP contribution < -0.4 is 5.32 Å². The number of thiophene rings is 1. The molecule has 1 unspecified atom stereocenters. The lowest BCUT2D eigenvalue weighted by Gasteiger charge is -2.14. The molecule has 2 aromatic carbocycles.